The molecule has 0 radical (unpaired) electrons. The number of amides is 1. The standard InChI is InChI=1S/C16H19N3O3/c1-10(2)19-16(21)13(15(20)17-3)9-14(18-19)11-5-7-12(22-4)8-6-11/h5-10H,1-4H3,(H,17,20). The molecule has 1 aromatic carbocycles. The molecule has 0 aliphatic rings. The molecule has 0 saturated carbocycles. The summed E-state index contributed by atoms with van der Waals surface area (Å²) in [4.78, 5) is 24.2. The minimum atomic E-state index is -0.420. The minimum Gasteiger partial charge on any atom is -0.497 e. The van der Waals surface area contributed by atoms with Crippen LogP contribution in [0.3, 0.4) is 0 Å². The SMILES string of the molecule is CNC(=O)c1cc(-c2ccc(OC)cc2)nn(C(C)C)c1=O. The monoisotopic (exact) mass is 301 g/mol. The van der Waals surface area contributed by atoms with Crippen LogP contribution in [0.15, 0.2) is 35.1 Å². The van der Waals surface area contributed by atoms with Crippen LogP contribution in [0, 0.1) is 0 Å². The van der Waals surface area contributed by atoms with Crippen LogP contribution in [0.5, 0.6) is 5.75 Å². The molecule has 0 fully saturated rings. The fraction of sp³-hybridized carbons (Fsp3) is 0.312. The van der Waals surface area contributed by atoms with Gasteiger partial charge in [0.25, 0.3) is 11.5 Å². The molecule has 1 heterocycles. The Kier molecular flexibility index (Phi) is 4.60. The number of ether oxygens (including phenoxy) is 1. The first-order valence-corrected chi connectivity index (χ1v) is 6.98. The molecule has 1 amide bonds. The lowest BCUT2D eigenvalue weighted by atomic mass is 10.1. The van der Waals surface area contributed by atoms with Crippen molar-refractivity contribution in [1.82, 2.24) is 15.1 Å². The van der Waals surface area contributed by atoms with E-state index >= 15 is 0 Å². The minimum absolute atomic E-state index is 0.0806. The second kappa shape index (κ2) is 6.43. The number of aromatic nitrogens is 2. The van der Waals surface area contributed by atoms with Gasteiger partial charge in [0.05, 0.1) is 18.8 Å². The van der Waals surface area contributed by atoms with Gasteiger partial charge in [-0.05, 0) is 44.2 Å². The lowest BCUT2D eigenvalue weighted by molar-refractivity contribution is 0.0960. The van der Waals surface area contributed by atoms with Crippen molar-refractivity contribution in [2.24, 2.45) is 0 Å². The van der Waals surface area contributed by atoms with Gasteiger partial charge >= 0.3 is 0 Å². The molecule has 1 N–H and O–H groups in total. The summed E-state index contributed by atoms with van der Waals surface area (Å²) in [5.41, 5.74) is 1.05. The van der Waals surface area contributed by atoms with E-state index < -0.39 is 11.5 Å². The van der Waals surface area contributed by atoms with Gasteiger partial charge in [0, 0.05) is 12.6 Å². The molecule has 0 unspecified atom stereocenters. The Morgan fingerprint density at radius 3 is 2.41 bits per heavy atom. The third-order valence-corrected chi connectivity index (χ3v) is 3.28. The predicted octanol–water partition coefficient (Wildman–Crippen LogP) is 1.86. The first-order valence-electron chi connectivity index (χ1n) is 6.98. The number of benzene rings is 1. The van der Waals surface area contributed by atoms with Crippen LogP contribution < -0.4 is 15.6 Å². The fourth-order valence-corrected chi connectivity index (χ4v) is 2.06. The molecule has 22 heavy (non-hydrogen) atoms. The maximum absolute atomic E-state index is 12.3. The number of carbonyl (C=O) groups excluding carboxylic acids is 1. The van der Waals surface area contributed by atoms with E-state index in [4.69, 9.17) is 4.74 Å². The molecule has 6 heteroatoms. The summed E-state index contributed by atoms with van der Waals surface area (Å²) >= 11 is 0. The molecule has 116 valence electrons. The average molecular weight is 301 g/mol. The third kappa shape index (κ3) is 3.00. The summed E-state index contributed by atoms with van der Waals surface area (Å²) in [5.74, 6) is 0.309. The van der Waals surface area contributed by atoms with Crippen molar-refractivity contribution < 1.29 is 9.53 Å². The van der Waals surface area contributed by atoms with E-state index in [9.17, 15) is 9.59 Å². The number of hydrogen-bond donors (Lipinski definition) is 1. The van der Waals surface area contributed by atoms with Gasteiger partial charge in [-0.3, -0.25) is 9.59 Å². The van der Waals surface area contributed by atoms with E-state index in [1.54, 1.807) is 19.2 Å². The van der Waals surface area contributed by atoms with Crippen molar-refractivity contribution in [2.75, 3.05) is 14.2 Å². The van der Waals surface area contributed by atoms with Crippen LogP contribution in [-0.4, -0.2) is 29.8 Å². The van der Waals surface area contributed by atoms with Crippen molar-refractivity contribution >= 4 is 5.91 Å². The Labute approximate surface area is 128 Å². The molecular formula is C16H19N3O3. The van der Waals surface area contributed by atoms with Crippen LogP contribution in [0.1, 0.15) is 30.2 Å². The molecule has 6 nitrogen and oxygen atoms in total. The van der Waals surface area contributed by atoms with Crippen molar-refractivity contribution in [3.05, 3.63) is 46.2 Å². The lowest BCUT2D eigenvalue weighted by Gasteiger charge is -2.13. The summed E-state index contributed by atoms with van der Waals surface area (Å²) in [6.45, 7) is 3.69. The van der Waals surface area contributed by atoms with E-state index in [1.165, 1.54) is 17.8 Å². The second-order valence-electron chi connectivity index (χ2n) is 5.09. The second-order valence-corrected chi connectivity index (χ2v) is 5.09. The number of carbonyl (C=O) groups is 1. The van der Waals surface area contributed by atoms with Crippen LogP contribution in [0.25, 0.3) is 11.3 Å². The third-order valence-electron chi connectivity index (χ3n) is 3.28. The first kappa shape index (κ1) is 15.8. The van der Waals surface area contributed by atoms with Gasteiger partial charge in [0.15, 0.2) is 0 Å². The molecule has 2 rings (SSSR count). The number of methoxy groups -OCH3 is 1. The summed E-state index contributed by atoms with van der Waals surface area (Å²) in [6, 6.07) is 8.66. The highest BCUT2D eigenvalue weighted by atomic mass is 16.5. The first-order chi connectivity index (χ1) is 10.5. The van der Waals surface area contributed by atoms with Crippen LogP contribution in [0.2, 0.25) is 0 Å². The van der Waals surface area contributed by atoms with Gasteiger partial charge in [0.2, 0.25) is 0 Å². The molecule has 0 atom stereocenters. The Hall–Kier alpha value is -2.63. The highest BCUT2D eigenvalue weighted by Gasteiger charge is 2.16. The van der Waals surface area contributed by atoms with E-state index in [1.807, 2.05) is 26.0 Å². The zero-order valence-corrected chi connectivity index (χ0v) is 13.1. The zero-order chi connectivity index (χ0) is 16.3. The van der Waals surface area contributed by atoms with Crippen LogP contribution >= 0.6 is 0 Å². The average Bonchev–Trinajstić information content (AvgIpc) is 2.54. The van der Waals surface area contributed by atoms with Crippen molar-refractivity contribution in [2.45, 2.75) is 19.9 Å². The summed E-state index contributed by atoms with van der Waals surface area (Å²) in [5, 5.41) is 6.84. The normalized spacial score (nSPS) is 10.6. The summed E-state index contributed by atoms with van der Waals surface area (Å²) < 4.78 is 6.45. The van der Waals surface area contributed by atoms with Gasteiger partial charge in [-0.25, -0.2) is 4.68 Å². The molecule has 0 aliphatic carbocycles. The van der Waals surface area contributed by atoms with E-state index in [0.717, 1.165) is 11.3 Å². The van der Waals surface area contributed by atoms with Gasteiger partial charge < -0.3 is 10.1 Å². The molecule has 2 aromatic rings. The van der Waals surface area contributed by atoms with Crippen molar-refractivity contribution in [1.29, 1.82) is 0 Å². The topological polar surface area (TPSA) is 73.2 Å². The molecule has 0 aliphatic heterocycles. The molecule has 0 bridgehead atoms. The Morgan fingerprint density at radius 1 is 1.27 bits per heavy atom. The van der Waals surface area contributed by atoms with Gasteiger partial charge in [-0.1, -0.05) is 0 Å². The van der Waals surface area contributed by atoms with Crippen LogP contribution in [-0.2, 0) is 0 Å². The van der Waals surface area contributed by atoms with Crippen molar-refractivity contribution in [3.8, 4) is 17.0 Å². The number of nitrogens with zero attached hydrogens (tertiary/aromatic N) is 2. The van der Waals surface area contributed by atoms with E-state index in [-0.39, 0.29) is 11.6 Å². The highest BCUT2D eigenvalue weighted by Crippen LogP contribution is 2.21. The smallest absolute Gasteiger partial charge is 0.279 e. The fourth-order valence-electron chi connectivity index (χ4n) is 2.06. The largest absolute Gasteiger partial charge is 0.497 e. The Balaban J connectivity index is 2.62. The number of hydrogen-bond acceptors (Lipinski definition) is 4. The number of nitrogens with one attached hydrogen (secondary N) is 1. The maximum atomic E-state index is 12.3. The van der Waals surface area contributed by atoms with Crippen LogP contribution in [0.4, 0.5) is 0 Å². The van der Waals surface area contributed by atoms with Gasteiger partial charge in [0.1, 0.15) is 11.3 Å². The molecule has 0 saturated heterocycles. The maximum Gasteiger partial charge on any atom is 0.279 e. The summed E-state index contributed by atoms with van der Waals surface area (Å²) in [6.07, 6.45) is 0. The van der Waals surface area contributed by atoms with E-state index in [2.05, 4.69) is 10.4 Å². The molecule has 1 aromatic heterocycles. The molecular weight excluding hydrogens is 282 g/mol. The van der Waals surface area contributed by atoms with Crippen molar-refractivity contribution in [3.63, 3.8) is 0 Å². The lowest BCUT2D eigenvalue weighted by Crippen LogP contribution is -2.33. The summed E-state index contributed by atoms with van der Waals surface area (Å²) in [7, 11) is 3.09. The Morgan fingerprint density at radius 2 is 1.91 bits per heavy atom. The quantitative estimate of drug-likeness (QED) is 0.935. The zero-order valence-electron chi connectivity index (χ0n) is 13.1. The number of rotatable bonds is 4. The van der Waals surface area contributed by atoms with Gasteiger partial charge in [-0.2, -0.15) is 5.10 Å². The molecule has 0 spiro atoms. The highest BCUT2D eigenvalue weighted by molar-refractivity contribution is 5.94. The van der Waals surface area contributed by atoms with Gasteiger partial charge in [-0.15, -0.1) is 0 Å². The Bertz CT molecular complexity index is 733. The predicted molar refractivity (Wildman–Crippen MR) is 84.3 cm³/mol. The van der Waals surface area contributed by atoms with E-state index in [0.29, 0.717) is 5.69 Å².